The molecule has 0 aliphatic carbocycles. The molecule has 4 nitrogen and oxygen atoms in total. The molecule has 0 unspecified atom stereocenters. The first-order valence-corrected chi connectivity index (χ1v) is 7.47. The molecular weight excluding hydrogens is 304 g/mol. The number of methoxy groups -OCH3 is 1. The number of likely N-dealkylation sites (N-methyl/N-ethyl adjacent to an activating group) is 1. The van der Waals surface area contributed by atoms with Crippen molar-refractivity contribution in [1.29, 1.82) is 0 Å². The molecule has 1 fully saturated rings. The molecular formula is C15H12N2O2S2. The molecule has 0 N–H and O–H groups in total. The second-order valence-electron chi connectivity index (χ2n) is 4.54. The van der Waals surface area contributed by atoms with E-state index in [-0.39, 0.29) is 5.91 Å². The largest absolute Gasteiger partial charge is 0.497 e. The van der Waals surface area contributed by atoms with Gasteiger partial charge in [-0.25, -0.2) is 4.98 Å². The minimum Gasteiger partial charge on any atom is -0.497 e. The van der Waals surface area contributed by atoms with E-state index in [0.29, 0.717) is 9.23 Å². The van der Waals surface area contributed by atoms with Crippen molar-refractivity contribution in [2.45, 2.75) is 0 Å². The van der Waals surface area contributed by atoms with Crippen molar-refractivity contribution in [1.82, 2.24) is 9.88 Å². The summed E-state index contributed by atoms with van der Waals surface area (Å²) in [6.45, 7) is 0. The topological polar surface area (TPSA) is 42.4 Å². The van der Waals surface area contributed by atoms with Crippen molar-refractivity contribution in [2.24, 2.45) is 0 Å². The van der Waals surface area contributed by atoms with E-state index >= 15 is 0 Å². The number of carbonyl (C=O) groups excluding carboxylic acids is 1. The number of hydrogen-bond donors (Lipinski definition) is 0. The van der Waals surface area contributed by atoms with Gasteiger partial charge in [-0.15, -0.1) is 0 Å². The van der Waals surface area contributed by atoms with Crippen molar-refractivity contribution in [3.8, 4) is 5.75 Å². The number of nitrogens with zero attached hydrogens (tertiary/aromatic N) is 2. The van der Waals surface area contributed by atoms with E-state index in [1.807, 2.05) is 30.3 Å². The van der Waals surface area contributed by atoms with E-state index in [4.69, 9.17) is 17.0 Å². The maximum absolute atomic E-state index is 12.0. The molecule has 1 aliphatic rings. The number of fused-ring (bicyclic) bond motifs is 1. The van der Waals surface area contributed by atoms with Crippen LogP contribution in [0.5, 0.6) is 5.75 Å². The van der Waals surface area contributed by atoms with Gasteiger partial charge < -0.3 is 4.74 Å². The third kappa shape index (κ3) is 2.64. The summed E-state index contributed by atoms with van der Waals surface area (Å²) in [6.07, 6.45) is 1.77. The Morgan fingerprint density at radius 2 is 2.14 bits per heavy atom. The standard InChI is InChI=1S/C15H12N2O2S2/c1-17-14(18)13(21-15(17)20)8-10-4-3-9-7-11(19-2)5-6-12(9)16-10/h3-8H,1-2H3. The summed E-state index contributed by atoms with van der Waals surface area (Å²) in [5.74, 6) is 0.713. The van der Waals surface area contributed by atoms with E-state index in [9.17, 15) is 4.79 Å². The van der Waals surface area contributed by atoms with Gasteiger partial charge in [-0.05, 0) is 30.3 Å². The van der Waals surface area contributed by atoms with Gasteiger partial charge in [0.05, 0.1) is 23.2 Å². The van der Waals surface area contributed by atoms with Crippen LogP contribution in [-0.4, -0.2) is 34.3 Å². The lowest BCUT2D eigenvalue weighted by atomic mass is 10.2. The third-order valence-electron chi connectivity index (χ3n) is 3.18. The van der Waals surface area contributed by atoms with Gasteiger partial charge in [0.2, 0.25) is 0 Å². The minimum atomic E-state index is -0.0818. The first-order valence-electron chi connectivity index (χ1n) is 6.25. The zero-order valence-corrected chi connectivity index (χ0v) is 13.1. The first-order chi connectivity index (χ1) is 10.1. The lowest BCUT2D eigenvalue weighted by Gasteiger charge is -2.04. The molecule has 2 aromatic rings. The van der Waals surface area contributed by atoms with Crippen molar-refractivity contribution < 1.29 is 9.53 Å². The van der Waals surface area contributed by atoms with Crippen LogP contribution in [0.15, 0.2) is 35.2 Å². The van der Waals surface area contributed by atoms with E-state index in [1.54, 1.807) is 20.2 Å². The molecule has 21 heavy (non-hydrogen) atoms. The summed E-state index contributed by atoms with van der Waals surface area (Å²) in [7, 11) is 3.31. The summed E-state index contributed by atoms with van der Waals surface area (Å²) < 4.78 is 5.76. The van der Waals surface area contributed by atoms with Crippen LogP contribution >= 0.6 is 24.0 Å². The number of amides is 1. The highest BCUT2D eigenvalue weighted by molar-refractivity contribution is 8.26. The number of carbonyl (C=O) groups is 1. The Kier molecular flexibility index (Phi) is 3.65. The second kappa shape index (κ2) is 5.46. The predicted molar refractivity (Wildman–Crippen MR) is 89.2 cm³/mol. The monoisotopic (exact) mass is 316 g/mol. The highest BCUT2D eigenvalue weighted by atomic mass is 32.2. The van der Waals surface area contributed by atoms with Crippen LogP contribution < -0.4 is 4.74 Å². The molecule has 0 atom stereocenters. The van der Waals surface area contributed by atoms with Crippen molar-refractivity contribution in [2.75, 3.05) is 14.2 Å². The normalized spacial score (nSPS) is 17.0. The molecule has 0 radical (unpaired) electrons. The Bertz CT molecular complexity index is 786. The molecule has 1 aliphatic heterocycles. The maximum Gasteiger partial charge on any atom is 0.265 e. The number of aromatic nitrogens is 1. The van der Waals surface area contributed by atoms with Gasteiger partial charge >= 0.3 is 0 Å². The summed E-state index contributed by atoms with van der Waals surface area (Å²) in [6, 6.07) is 9.53. The number of thiocarbonyl (C=S) groups is 1. The molecule has 0 saturated carbocycles. The summed E-state index contributed by atoms with van der Waals surface area (Å²) in [5.41, 5.74) is 1.60. The molecule has 6 heteroatoms. The average molecular weight is 316 g/mol. The van der Waals surface area contributed by atoms with E-state index in [2.05, 4.69) is 4.98 Å². The SMILES string of the molecule is COc1ccc2nc(C=C3SC(=S)N(C)C3=O)ccc2c1. The number of hydrogen-bond acceptors (Lipinski definition) is 5. The summed E-state index contributed by atoms with van der Waals surface area (Å²) >= 11 is 6.41. The zero-order valence-electron chi connectivity index (χ0n) is 11.5. The Balaban J connectivity index is 1.99. The Morgan fingerprint density at radius 1 is 1.33 bits per heavy atom. The van der Waals surface area contributed by atoms with Crippen LogP contribution in [0.1, 0.15) is 5.69 Å². The van der Waals surface area contributed by atoms with Gasteiger partial charge in [-0.1, -0.05) is 30.0 Å². The lowest BCUT2D eigenvalue weighted by Crippen LogP contribution is -2.22. The van der Waals surface area contributed by atoms with Crippen LogP contribution in [0.4, 0.5) is 0 Å². The quantitative estimate of drug-likeness (QED) is 0.629. The average Bonchev–Trinajstić information content (AvgIpc) is 2.74. The Morgan fingerprint density at radius 3 is 2.81 bits per heavy atom. The van der Waals surface area contributed by atoms with Crippen LogP contribution in [0.2, 0.25) is 0 Å². The fourth-order valence-electron chi connectivity index (χ4n) is 2.01. The van der Waals surface area contributed by atoms with Crippen LogP contribution in [0.3, 0.4) is 0 Å². The number of pyridine rings is 1. The predicted octanol–water partition coefficient (Wildman–Crippen LogP) is 3.07. The fourth-order valence-corrected chi connectivity index (χ4v) is 3.17. The summed E-state index contributed by atoms with van der Waals surface area (Å²) in [4.78, 5) is 18.6. The second-order valence-corrected chi connectivity index (χ2v) is 6.21. The van der Waals surface area contributed by atoms with Crippen LogP contribution in [0, 0.1) is 0 Å². The van der Waals surface area contributed by atoms with E-state index < -0.39 is 0 Å². The summed E-state index contributed by atoms with van der Waals surface area (Å²) in [5, 5.41) is 0.995. The molecule has 106 valence electrons. The van der Waals surface area contributed by atoms with Gasteiger partial charge in [-0.3, -0.25) is 9.69 Å². The highest BCUT2D eigenvalue weighted by Crippen LogP contribution is 2.31. The molecule has 1 amide bonds. The molecule has 1 aromatic heterocycles. The van der Waals surface area contributed by atoms with Gasteiger partial charge in [0.25, 0.3) is 5.91 Å². The third-order valence-corrected chi connectivity index (χ3v) is 4.67. The number of rotatable bonds is 2. The van der Waals surface area contributed by atoms with E-state index in [1.165, 1.54) is 16.7 Å². The molecule has 2 heterocycles. The molecule has 3 rings (SSSR count). The molecule has 1 aromatic carbocycles. The molecule has 0 spiro atoms. The Hall–Kier alpha value is -1.92. The number of thioether (sulfide) groups is 1. The minimum absolute atomic E-state index is 0.0818. The van der Waals surface area contributed by atoms with Crippen LogP contribution in [0.25, 0.3) is 17.0 Å². The van der Waals surface area contributed by atoms with Gasteiger partial charge in [-0.2, -0.15) is 0 Å². The van der Waals surface area contributed by atoms with Crippen molar-refractivity contribution >= 4 is 51.2 Å². The lowest BCUT2D eigenvalue weighted by molar-refractivity contribution is -0.121. The van der Waals surface area contributed by atoms with Gasteiger partial charge in [0, 0.05) is 12.4 Å². The van der Waals surface area contributed by atoms with E-state index in [0.717, 1.165) is 22.3 Å². The fraction of sp³-hybridized carbons (Fsp3) is 0.133. The number of benzene rings is 1. The van der Waals surface area contributed by atoms with Crippen molar-refractivity contribution in [3.63, 3.8) is 0 Å². The highest BCUT2D eigenvalue weighted by Gasteiger charge is 2.28. The molecule has 0 bridgehead atoms. The maximum atomic E-state index is 12.0. The Labute approximate surface area is 131 Å². The molecule has 1 saturated heterocycles. The van der Waals surface area contributed by atoms with Gasteiger partial charge in [0.15, 0.2) is 0 Å². The zero-order chi connectivity index (χ0) is 15.0. The van der Waals surface area contributed by atoms with Crippen molar-refractivity contribution in [3.05, 3.63) is 40.9 Å². The van der Waals surface area contributed by atoms with Crippen LogP contribution in [-0.2, 0) is 4.79 Å². The smallest absolute Gasteiger partial charge is 0.265 e. The number of ether oxygens (including phenoxy) is 1. The first kappa shape index (κ1) is 14.0. The van der Waals surface area contributed by atoms with Gasteiger partial charge in [0.1, 0.15) is 10.1 Å².